The van der Waals surface area contributed by atoms with Gasteiger partial charge in [-0.25, -0.2) is 4.79 Å². The Bertz CT molecular complexity index is 884. The van der Waals surface area contributed by atoms with Gasteiger partial charge in [-0.2, -0.15) is 15.0 Å². The molecular formula is C19H25N7O3. The monoisotopic (exact) mass is 399 g/mol. The van der Waals surface area contributed by atoms with Gasteiger partial charge in [0.25, 0.3) is 0 Å². The summed E-state index contributed by atoms with van der Waals surface area (Å²) in [5, 5.41) is 5.59. The molecule has 10 heteroatoms. The van der Waals surface area contributed by atoms with Gasteiger partial charge in [0.05, 0.1) is 6.54 Å². The lowest BCUT2D eigenvalue weighted by molar-refractivity contribution is 0.171. The van der Waals surface area contributed by atoms with E-state index >= 15 is 0 Å². The van der Waals surface area contributed by atoms with Gasteiger partial charge in [0, 0.05) is 38.9 Å². The molecule has 29 heavy (non-hydrogen) atoms. The zero-order valence-corrected chi connectivity index (χ0v) is 16.6. The van der Waals surface area contributed by atoms with Crippen LogP contribution in [0, 0.1) is 0 Å². The fraction of sp³-hybridized carbons (Fsp3) is 0.474. The quantitative estimate of drug-likeness (QED) is 0.782. The van der Waals surface area contributed by atoms with Crippen LogP contribution >= 0.6 is 0 Å². The fourth-order valence-electron chi connectivity index (χ4n) is 3.19. The van der Waals surface area contributed by atoms with Gasteiger partial charge in [-0.05, 0) is 25.0 Å². The average Bonchev–Trinajstić information content (AvgIpc) is 3.27. The number of aromatic nitrogens is 3. The van der Waals surface area contributed by atoms with Crippen molar-refractivity contribution in [3.05, 3.63) is 24.0 Å². The second kappa shape index (κ2) is 8.38. The van der Waals surface area contributed by atoms with Crippen LogP contribution in [0.2, 0.25) is 0 Å². The molecule has 0 aliphatic carbocycles. The molecule has 0 unspecified atom stereocenters. The van der Waals surface area contributed by atoms with Crippen LogP contribution in [-0.4, -0.2) is 61.4 Å². The average molecular weight is 399 g/mol. The highest BCUT2D eigenvalue weighted by atomic mass is 16.6. The maximum Gasteiger partial charge on any atom is 0.319 e. The van der Waals surface area contributed by atoms with E-state index in [1.807, 2.05) is 19.0 Å². The first-order valence-electron chi connectivity index (χ1n) is 9.70. The van der Waals surface area contributed by atoms with Crippen LogP contribution in [0.5, 0.6) is 11.5 Å². The third kappa shape index (κ3) is 4.58. The van der Waals surface area contributed by atoms with Crippen molar-refractivity contribution in [3.8, 4) is 11.5 Å². The number of rotatable bonds is 5. The third-order valence-corrected chi connectivity index (χ3v) is 4.65. The zero-order chi connectivity index (χ0) is 20.2. The summed E-state index contributed by atoms with van der Waals surface area (Å²) in [5.74, 6) is 3.05. The summed E-state index contributed by atoms with van der Waals surface area (Å²) in [7, 11) is 3.77. The predicted octanol–water partition coefficient (Wildman–Crippen LogP) is 1.63. The van der Waals surface area contributed by atoms with Crippen molar-refractivity contribution in [1.29, 1.82) is 0 Å². The van der Waals surface area contributed by atoms with E-state index in [1.54, 1.807) is 18.2 Å². The third-order valence-electron chi connectivity index (χ3n) is 4.65. The summed E-state index contributed by atoms with van der Waals surface area (Å²) in [5.41, 5.74) is 0.620. The summed E-state index contributed by atoms with van der Waals surface area (Å²) < 4.78 is 11.0. The first kappa shape index (κ1) is 19.0. The van der Waals surface area contributed by atoms with Gasteiger partial charge >= 0.3 is 6.03 Å². The van der Waals surface area contributed by atoms with E-state index in [-0.39, 0.29) is 12.6 Å². The molecule has 2 aromatic rings. The molecule has 0 atom stereocenters. The molecule has 1 saturated heterocycles. The standard InChI is InChI=1S/C19H25N7O3/c1-25(2)17-22-16(23-18(24-17)26-7-3-4-8-26)12-20-19(27)21-13-5-6-14-15(11-13)29-10-9-28-14/h5-6,11H,3-4,7-10,12H2,1-2H3,(H2,20,21,27). The SMILES string of the molecule is CN(C)c1nc(CNC(=O)Nc2ccc3c(c2)OCCO3)nc(N2CCCC2)n1. The second-order valence-electron chi connectivity index (χ2n) is 7.11. The largest absolute Gasteiger partial charge is 0.486 e. The molecule has 10 nitrogen and oxygen atoms in total. The number of benzene rings is 1. The molecule has 0 radical (unpaired) electrons. The van der Waals surface area contributed by atoms with Crippen LogP contribution < -0.4 is 29.9 Å². The molecule has 154 valence electrons. The van der Waals surface area contributed by atoms with E-state index in [0.29, 0.717) is 48.1 Å². The minimum absolute atomic E-state index is 0.195. The predicted molar refractivity (Wildman–Crippen MR) is 109 cm³/mol. The molecule has 2 amide bonds. The molecule has 2 aliphatic heterocycles. The molecule has 3 heterocycles. The number of hydrogen-bond acceptors (Lipinski definition) is 8. The van der Waals surface area contributed by atoms with E-state index < -0.39 is 0 Å². The lowest BCUT2D eigenvalue weighted by atomic mass is 10.2. The number of carbonyl (C=O) groups excluding carboxylic acids is 1. The lowest BCUT2D eigenvalue weighted by Gasteiger charge is -2.19. The Labute approximate surface area is 169 Å². The summed E-state index contributed by atoms with van der Waals surface area (Å²) >= 11 is 0. The minimum atomic E-state index is -0.351. The molecule has 0 spiro atoms. The number of nitrogens with one attached hydrogen (secondary N) is 2. The van der Waals surface area contributed by atoms with Crippen LogP contribution in [0.1, 0.15) is 18.7 Å². The van der Waals surface area contributed by atoms with Crippen LogP contribution in [0.25, 0.3) is 0 Å². The van der Waals surface area contributed by atoms with Gasteiger partial charge in [-0.1, -0.05) is 0 Å². The number of ether oxygens (including phenoxy) is 2. The van der Waals surface area contributed by atoms with E-state index in [2.05, 4.69) is 30.5 Å². The highest BCUT2D eigenvalue weighted by molar-refractivity contribution is 5.89. The minimum Gasteiger partial charge on any atom is -0.486 e. The maximum absolute atomic E-state index is 12.3. The molecule has 2 N–H and O–H groups in total. The van der Waals surface area contributed by atoms with E-state index in [0.717, 1.165) is 25.9 Å². The summed E-state index contributed by atoms with van der Waals surface area (Å²) in [6, 6.07) is 4.94. The smallest absolute Gasteiger partial charge is 0.319 e. The zero-order valence-electron chi connectivity index (χ0n) is 16.6. The van der Waals surface area contributed by atoms with Gasteiger partial charge in [0.1, 0.15) is 13.2 Å². The molecule has 1 fully saturated rings. The number of urea groups is 1. The number of fused-ring (bicyclic) bond motifs is 1. The molecule has 0 bridgehead atoms. The van der Waals surface area contributed by atoms with Gasteiger partial charge in [-0.3, -0.25) is 0 Å². The molecule has 4 rings (SSSR count). The van der Waals surface area contributed by atoms with E-state index in [4.69, 9.17) is 9.47 Å². The summed E-state index contributed by atoms with van der Waals surface area (Å²) in [6.45, 7) is 3.10. The molecule has 2 aliphatic rings. The Hall–Kier alpha value is -3.30. The van der Waals surface area contributed by atoms with Gasteiger partial charge in [0.2, 0.25) is 11.9 Å². The normalized spacial score (nSPS) is 15.2. The maximum atomic E-state index is 12.3. The van der Waals surface area contributed by atoms with Gasteiger partial charge < -0.3 is 29.9 Å². The molecule has 1 aromatic heterocycles. The van der Waals surface area contributed by atoms with Gasteiger partial charge in [-0.15, -0.1) is 0 Å². The second-order valence-corrected chi connectivity index (χ2v) is 7.11. The van der Waals surface area contributed by atoms with Crippen molar-refractivity contribution >= 4 is 23.6 Å². The van der Waals surface area contributed by atoms with Crippen LogP contribution in [-0.2, 0) is 6.54 Å². The van der Waals surface area contributed by atoms with Crippen molar-refractivity contribution in [1.82, 2.24) is 20.3 Å². The number of anilines is 3. The topological polar surface area (TPSA) is 105 Å². The lowest BCUT2D eigenvalue weighted by Crippen LogP contribution is -2.30. The number of amides is 2. The molecule has 1 aromatic carbocycles. The van der Waals surface area contributed by atoms with E-state index in [9.17, 15) is 4.79 Å². The van der Waals surface area contributed by atoms with Crippen molar-refractivity contribution in [3.63, 3.8) is 0 Å². The van der Waals surface area contributed by atoms with Crippen molar-refractivity contribution < 1.29 is 14.3 Å². The summed E-state index contributed by atoms with van der Waals surface area (Å²) in [4.78, 5) is 29.8. The molecule has 0 saturated carbocycles. The first-order valence-corrected chi connectivity index (χ1v) is 9.70. The van der Waals surface area contributed by atoms with Crippen LogP contribution in [0.3, 0.4) is 0 Å². The number of carbonyl (C=O) groups is 1. The Morgan fingerprint density at radius 3 is 2.62 bits per heavy atom. The Morgan fingerprint density at radius 1 is 1.10 bits per heavy atom. The highest BCUT2D eigenvalue weighted by Gasteiger charge is 2.18. The fourth-order valence-corrected chi connectivity index (χ4v) is 3.19. The first-order chi connectivity index (χ1) is 14.1. The number of hydrogen-bond donors (Lipinski definition) is 2. The molecular weight excluding hydrogens is 374 g/mol. The highest BCUT2D eigenvalue weighted by Crippen LogP contribution is 2.32. The Kier molecular flexibility index (Phi) is 5.50. The number of nitrogens with zero attached hydrogens (tertiary/aromatic N) is 5. The van der Waals surface area contributed by atoms with Gasteiger partial charge in [0.15, 0.2) is 17.3 Å². The van der Waals surface area contributed by atoms with Crippen molar-refractivity contribution in [2.45, 2.75) is 19.4 Å². The van der Waals surface area contributed by atoms with Crippen LogP contribution in [0.4, 0.5) is 22.4 Å². The van der Waals surface area contributed by atoms with Crippen molar-refractivity contribution in [2.75, 3.05) is 55.5 Å². The Balaban J connectivity index is 1.40. The summed E-state index contributed by atoms with van der Waals surface area (Å²) in [6.07, 6.45) is 2.27. The van der Waals surface area contributed by atoms with Crippen LogP contribution in [0.15, 0.2) is 18.2 Å². The van der Waals surface area contributed by atoms with Crippen molar-refractivity contribution in [2.24, 2.45) is 0 Å². The Morgan fingerprint density at radius 2 is 1.86 bits per heavy atom. The van der Waals surface area contributed by atoms with E-state index in [1.165, 1.54) is 0 Å².